The Morgan fingerprint density at radius 1 is 0.522 bits per heavy atom. The first-order chi connectivity index (χ1) is 31.3. The van der Waals surface area contributed by atoms with E-state index in [1.807, 2.05) is 120 Å². The normalized spacial score (nSPS) is 12.5. The highest BCUT2D eigenvalue weighted by atomic mass is 79.9. The summed E-state index contributed by atoms with van der Waals surface area (Å²) in [6.45, 7) is 17.8. The standard InChI is InChI=1S/C30H38N2O4S.C23H31BrN2O3S/c1-20(2)26-16-24(30(34)23-10-8-7-9-11-23)17-27(21(3)4)28(26)18-29(33)31-37(35,36)25-14-12-22(13-15-25)19-32(5)6;1-15(2)20-11-18(24)12-21(16(3)4)22(20)13-23(27)25-30(28,29)19-9-7-17(8-10-19)14-26(5)6/h7-17,20-21,30,34H,18-19H2,1-6H3,(H,31,33);7-12,15-16H,13-14H2,1-6H3,(H,25,27). The van der Waals surface area contributed by atoms with Crippen LogP contribution in [0.2, 0.25) is 0 Å². The Morgan fingerprint density at radius 3 is 1.16 bits per heavy atom. The highest BCUT2D eigenvalue weighted by Gasteiger charge is 2.25. The van der Waals surface area contributed by atoms with Gasteiger partial charge in [0.1, 0.15) is 6.10 Å². The lowest BCUT2D eigenvalue weighted by Crippen LogP contribution is -2.32. The van der Waals surface area contributed by atoms with E-state index in [1.165, 1.54) is 24.3 Å². The number of hydrogen-bond acceptors (Lipinski definition) is 9. The van der Waals surface area contributed by atoms with E-state index in [9.17, 15) is 31.5 Å². The minimum absolute atomic E-state index is 0.0201. The van der Waals surface area contributed by atoms with Crippen LogP contribution in [0.4, 0.5) is 0 Å². The van der Waals surface area contributed by atoms with Crippen molar-refractivity contribution in [3.8, 4) is 0 Å². The summed E-state index contributed by atoms with van der Waals surface area (Å²) >= 11 is 3.55. The molecule has 0 aliphatic rings. The van der Waals surface area contributed by atoms with Crippen molar-refractivity contribution in [2.24, 2.45) is 0 Å². The quantitative estimate of drug-likeness (QED) is 0.0779. The Morgan fingerprint density at radius 2 is 0.851 bits per heavy atom. The number of benzene rings is 5. The van der Waals surface area contributed by atoms with Crippen LogP contribution in [-0.4, -0.2) is 71.7 Å². The largest absolute Gasteiger partial charge is 0.384 e. The lowest BCUT2D eigenvalue weighted by molar-refractivity contribution is -0.119. The Bertz CT molecular complexity index is 2630. The molecule has 1 atom stereocenters. The van der Waals surface area contributed by atoms with Crippen LogP contribution in [0.5, 0.6) is 0 Å². The van der Waals surface area contributed by atoms with Crippen LogP contribution >= 0.6 is 15.9 Å². The summed E-state index contributed by atoms with van der Waals surface area (Å²) < 4.78 is 56.7. The molecule has 0 saturated heterocycles. The fourth-order valence-corrected chi connectivity index (χ4v) is 10.4. The van der Waals surface area contributed by atoms with E-state index >= 15 is 0 Å². The van der Waals surface area contributed by atoms with Gasteiger partial charge in [-0.2, -0.15) is 0 Å². The van der Waals surface area contributed by atoms with Crippen LogP contribution in [0.1, 0.15) is 141 Å². The Hall–Kier alpha value is -4.70. The number of carbonyl (C=O) groups is 2. The molecule has 0 fully saturated rings. The topological polar surface area (TPSA) is 153 Å². The lowest BCUT2D eigenvalue weighted by atomic mass is 9.83. The number of hydrogen-bond donors (Lipinski definition) is 3. The van der Waals surface area contributed by atoms with Gasteiger partial charge in [-0.1, -0.05) is 138 Å². The predicted molar refractivity (Wildman–Crippen MR) is 273 cm³/mol. The van der Waals surface area contributed by atoms with Crippen molar-refractivity contribution in [3.63, 3.8) is 0 Å². The van der Waals surface area contributed by atoms with Gasteiger partial charge in [-0.15, -0.1) is 0 Å². The summed E-state index contributed by atoms with van der Waals surface area (Å²) in [5.74, 6) is -0.545. The molecule has 5 aromatic carbocycles. The second kappa shape index (κ2) is 24.0. The van der Waals surface area contributed by atoms with Crippen LogP contribution in [0.15, 0.2) is 117 Å². The summed E-state index contributed by atoms with van der Waals surface area (Å²) in [6.07, 6.45) is -0.845. The molecule has 11 nitrogen and oxygen atoms in total. The van der Waals surface area contributed by atoms with Crippen molar-refractivity contribution in [1.82, 2.24) is 19.2 Å². The van der Waals surface area contributed by atoms with E-state index in [0.717, 1.165) is 60.1 Å². The molecule has 0 aromatic heterocycles. The molecule has 0 bridgehead atoms. The van der Waals surface area contributed by atoms with Gasteiger partial charge in [0.2, 0.25) is 11.8 Å². The van der Waals surface area contributed by atoms with Crippen molar-refractivity contribution in [2.75, 3.05) is 28.2 Å². The first kappa shape index (κ1) is 54.9. The molecule has 5 aromatic rings. The SMILES string of the molecule is CC(C)c1cc(Br)cc(C(C)C)c1CC(=O)NS(=O)(=O)c1ccc(CN(C)C)cc1.CC(C)c1cc(C(O)c2ccccc2)cc(C(C)C)c1CC(=O)NS(=O)(=O)c1ccc(CN(C)C)cc1. The van der Waals surface area contributed by atoms with E-state index < -0.39 is 38.0 Å². The summed E-state index contributed by atoms with van der Waals surface area (Å²) in [5, 5.41) is 11.1. The minimum atomic E-state index is -4.00. The Labute approximate surface area is 408 Å². The van der Waals surface area contributed by atoms with Crippen molar-refractivity contribution in [1.29, 1.82) is 0 Å². The number of aliphatic hydroxyl groups is 1. The highest BCUT2D eigenvalue weighted by Crippen LogP contribution is 2.35. The maximum atomic E-state index is 13.1. The van der Waals surface area contributed by atoms with E-state index in [0.29, 0.717) is 13.1 Å². The molecule has 67 heavy (non-hydrogen) atoms. The molecule has 0 saturated carbocycles. The molecule has 0 heterocycles. The molecule has 5 rings (SSSR count). The van der Waals surface area contributed by atoms with E-state index in [-0.39, 0.29) is 46.3 Å². The monoisotopic (exact) mass is 1020 g/mol. The third-order valence-corrected chi connectivity index (χ3v) is 14.4. The van der Waals surface area contributed by atoms with Crippen LogP contribution in [0.3, 0.4) is 0 Å². The van der Waals surface area contributed by atoms with Gasteiger partial charge in [0, 0.05) is 17.6 Å². The van der Waals surface area contributed by atoms with E-state index in [4.69, 9.17) is 0 Å². The van der Waals surface area contributed by atoms with Gasteiger partial charge in [0.15, 0.2) is 0 Å². The van der Waals surface area contributed by atoms with E-state index in [1.54, 1.807) is 24.3 Å². The van der Waals surface area contributed by atoms with Crippen molar-refractivity contribution in [3.05, 3.63) is 163 Å². The number of nitrogens with zero attached hydrogens (tertiary/aromatic N) is 2. The zero-order valence-corrected chi connectivity index (χ0v) is 44.2. The molecule has 0 radical (unpaired) electrons. The number of sulfonamides is 2. The van der Waals surface area contributed by atoms with Crippen LogP contribution in [0.25, 0.3) is 0 Å². The highest BCUT2D eigenvalue weighted by molar-refractivity contribution is 9.10. The lowest BCUT2D eigenvalue weighted by Gasteiger charge is -2.23. The second-order valence-electron chi connectivity index (χ2n) is 18.8. The molecule has 3 N–H and O–H groups in total. The van der Waals surface area contributed by atoms with Gasteiger partial charge >= 0.3 is 0 Å². The van der Waals surface area contributed by atoms with Crippen molar-refractivity contribution in [2.45, 2.75) is 121 Å². The van der Waals surface area contributed by atoms with Gasteiger partial charge in [-0.25, -0.2) is 26.3 Å². The zero-order valence-electron chi connectivity index (χ0n) is 41.0. The van der Waals surface area contributed by atoms with Gasteiger partial charge < -0.3 is 14.9 Å². The Balaban J connectivity index is 0.000000299. The maximum Gasteiger partial charge on any atom is 0.264 e. The van der Waals surface area contributed by atoms with Gasteiger partial charge in [0.05, 0.1) is 22.6 Å². The zero-order chi connectivity index (χ0) is 50.0. The first-order valence-electron chi connectivity index (χ1n) is 22.6. The third kappa shape index (κ3) is 15.7. The average molecular weight is 1020 g/mol. The number of carbonyl (C=O) groups excluding carboxylic acids is 2. The van der Waals surface area contributed by atoms with E-state index in [2.05, 4.69) is 53.1 Å². The number of amides is 2. The molecule has 2 amide bonds. The molecule has 362 valence electrons. The summed E-state index contributed by atoms with van der Waals surface area (Å²) in [4.78, 5) is 29.9. The number of aliphatic hydroxyl groups excluding tert-OH is 1. The molecular formula is C53H69BrN4O7S2. The van der Waals surface area contributed by atoms with Gasteiger partial charge in [-0.3, -0.25) is 9.59 Å². The number of halogens is 1. The summed E-state index contributed by atoms with van der Waals surface area (Å²) in [5.41, 5.74) is 9.20. The van der Waals surface area contributed by atoms with Crippen LogP contribution in [-0.2, 0) is 55.6 Å². The van der Waals surface area contributed by atoms with Crippen molar-refractivity contribution >= 4 is 47.8 Å². The first-order valence-corrected chi connectivity index (χ1v) is 26.4. The molecule has 0 aliphatic heterocycles. The molecule has 0 aliphatic carbocycles. The van der Waals surface area contributed by atoms with Crippen molar-refractivity contribution < 1.29 is 31.5 Å². The molecular weight excluding hydrogens is 949 g/mol. The smallest absolute Gasteiger partial charge is 0.264 e. The second-order valence-corrected chi connectivity index (χ2v) is 23.1. The molecule has 14 heteroatoms. The number of rotatable bonds is 18. The minimum Gasteiger partial charge on any atom is -0.384 e. The third-order valence-electron chi connectivity index (χ3n) is 11.2. The predicted octanol–water partition coefficient (Wildman–Crippen LogP) is 9.93. The summed E-state index contributed by atoms with van der Waals surface area (Å²) in [6, 6.07) is 30.5. The molecule has 0 spiro atoms. The molecule has 1 unspecified atom stereocenters. The van der Waals surface area contributed by atoms with Crippen LogP contribution < -0.4 is 9.44 Å². The van der Waals surface area contributed by atoms with Gasteiger partial charge in [0.25, 0.3) is 20.0 Å². The van der Waals surface area contributed by atoms with Crippen LogP contribution in [0, 0.1) is 0 Å². The maximum absolute atomic E-state index is 13.1. The van der Waals surface area contributed by atoms with Gasteiger partial charge in [-0.05, 0) is 144 Å². The number of nitrogens with one attached hydrogen (secondary N) is 2. The summed E-state index contributed by atoms with van der Waals surface area (Å²) in [7, 11) is -0.145. The Kier molecular flexibility index (Phi) is 19.7. The fourth-order valence-electron chi connectivity index (χ4n) is 7.96. The average Bonchev–Trinajstić information content (AvgIpc) is 3.23. The fraction of sp³-hybridized carbons (Fsp3) is 0.396.